The molecule has 1 aromatic carbocycles. The van der Waals surface area contributed by atoms with Gasteiger partial charge in [-0.05, 0) is 24.3 Å². The highest BCUT2D eigenvalue weighted by Gasteiger charge is 2.18. The Balaban J connectivity index is 1.99. The van der Waals surface area contributed by atoms with E-state index in [1.807, 2.05) is 24.3 Å². The van der Waals surface area contributed by atoms with Crippen molar-refractivity contribution in [3.8, 4) is 0 Å². The molecule has 0 aliphatic carbocycles. The first-order valence-corrected chi connectivity index (χ1v) is 5.31. The fraction of sp³-hybridized carbons (Fsp3) is 0.364. The molecule has 4 N–H and O–H groups in total. The highest BCUT2D eigenvalue weighted by molar-refractivity contribution is 5.72. The van der Waals surface area contributed by atoms with E-state index >= 15 is 0 Å². The second-order valence-corrected chi connectivity index (χ2v) is 3.90. The number of anilines is 2. The lowest BCUT2D eigenvalue weighted by Gasteiger charge is -2.35. The van der Waals surface area contributed by atoms with Crippen molar-refractivity contribution in [2.45, 2.75) is 0 Å². The summed E-state index contributed by atoms with van der Waals surface area (Å²) in [5.74, 6) is 0. The van der Waals surface area contributed by atoms with E-state index in [4.69, 9.17) is 11.5 Å². The molecular formula is C11H16N4O. The number of hydrogen-bond acceptors (Lipinski definition) is 3. The van der Waals surface area contributed by atoms with Crippen LogP contribution in [0.3, 0.4) is 0 Å². The molecule has 1 aliphatic heterocycles. The average Bonchev–Trinajstić information content (AvgIpc) is 2.30. The van der Waals surface area contributed by atoms with Gasteiger partial charge in [-0.1, -0.05) is 0 Å². The van der Waals surface area contributed by atoms with Crippen molar-refractivity contribution < 1.29 is 4.79 Å². The van der Waals surface area contributed by atoms with Crippen LogP contribution in [0, 0.1) is 0 Å². The number of piperazine rings is 1. The quantitative estimate of drug-likeness (QED) is 0.675. The zero-order valence-electron chi connectivity index (χ0n) is 9.10. The minimum Gasteiger partial charge on any atom is -0.399 e. The van der Waals surface area contributed by atoms with Gasteiger partial charge in [0, 0.05) is 37.6 Å². The number of nitrogen functional groups attached to an aromatic ring is 1. The Morgan fingerprint density at radius 3 is 2.12 bits per heavy atom. The maximum absolute atomic E-state index is 11.0. The molecule has 1 aromatic rings. The monoisotopic (exact) mass is 220 g/mol. The highest BCUT2D eigenvalue weighted by Crippen LogP contribution is 2.17. The van der Waals surface area contributed by atoms with Crippen LogP contribution in [0.25, 0.3) is 0 Å². The molecule has 0 aromatic heterocycles. The number of urea groups is 1. The third kappa shape index (κ3) is 2.18. The molecule has 0 unspecified atom stereocenters. The summed E-state index contributed by atoms with van der Waals surface area (Å²) in [5, 5.41) is 0. The van der Waals surface area contributed by atoms with Gasteiger partial charge in [-0.15, -0.1) is 0 Å². The van der Waals surface area contributed by atoms with Crippen LogP contribution in [0.15, 0.2) is 24.3 Å². The van der Waals surface area contributed by atoms with Crippen LogP contribution in [0.4, 0.5) is 16.2 Å². The molecule has 16 heavy (non-hydrogen) atoms. The molecule has 1 heterocycles. The number of nitrogens with zero attached hydrogens (tertiary/aromatic N) is 2. The molecule has 5 nitrogen and oxygen atoms in total. The lowest BCUT2D eigenvalue weighted by molar-refractivity contribution is 0.204. The summed E-state index contributed by atoms with van der Waals surface area (Å²) < 4.78 is 0. The van der Waals surface area contributed by atoms with Crippen LogP contribution < -0.4 is 16.4 Å². The summed E-state index contributed by atoms with van der Waals surface area (Å²) in [6.07, 6.45) is 0. The van der Waals surface area contributed by atoms with Gasteiger partial charge >= 0.3 is 6.03 Å². The standard InChI is InChI=1S/C11H16N4O/c12-9-1-3-10(4-2-9)14-5-7-15(8-6-14)11(13)16/h1-4H,5-8,12H2,(H2,13,16). The van der Waals surface area contributed by atoms with Crippen molar-refractivity contribution in [2.75, 3.05) is 36.8 Å². The summed E-state index contributed by atoms with van der Waals surface area (Å²) in [6, 6.07) is 7.42. The Labute approximate surface area is 94.6 Å². The third-order valence-corrected chi connectivity index (χ3v) is 2.85. The van der Waals surface area contributed by atoms with Crippen LogP contribution >= 0.6 is 0 Å². The number of carbonyl (C=O) groups is 1. The molecule has 5 heteroatoms. The van der Waals surface area contributed by atoms with Crippen molar-refractivity contribution in [3.63, 3.8) is 0 Å². The largest absolute Gasteiger partial charge is 0.399 e. The van der Waals surface area contributed by atoms with Crippen molar-refractivity contribution in [1.29, 1.82) is 0 Å². The molecule has 1 fully saturated rings. The van der Waals surface area contributed by atoms with Gasteiger partial charge in [0.15, 0.2) is 0 Å². The van der Waals surface area contributed by atoms with Gasteiger partial charge in [0.2, 0.25) is 0 Å². The fourth-order valence-corrected chi connectivity index (χ4v) is 1.87. The maximum atomic E-state index is 11.0. The van der Waals surface area contributed by atoms with E-state index in [9.17, 15) is 4.79 Å². The predicted octanol–water partition coefficient (Wildman–Crippen LogP) is 0.469. The number of nitrogens with two attached hydrogens (primary N) is 2. The molecule has 0 radical (unpaired) electrons. The molecule has 0 saturated carbocycles. The van der Waals surface area contributed by atoms with Crippen molar-refractivity contribution in [1.82, 2.24) is 4.90 Å². The van der Waals surface area contributed by atoms with Gasteiger partial charge in [-0.2, -0.15) is 0 Å². The first-order chi connectivity index (χ1) is 7.66. The Hall–Kier alpha value is -1.91. The van der Waals surface area contributed by atoms with E-state index < -0.39 is 0 Å². The van der Waals surface area contributed by atoms with Crippen LogP contribution in [-0.4, -0.2) is 37.1 Å². The maximum Gasteiger partial charge on any atom is 0.314 e. The number of amides is 2. The van der Waals surface area contributed by atoms with Gasteiger partial charge in [0.05, 0.1) is 0 Å². The van der Waals surface area contributed by atoms with Gasteiger partial charge in [-0.25, -0.2) is 4.79 Å². The summed E-state index contributed by atoms with van der Waals surface area (Å²) in [4.78, 5) is 14.8. The van der Waals surface area contributed by atoms with Gasteiger partial charge < -0.3 is 21.3 Å². The minimum absolute atomic E-state index is 0.336. The second-order valence-electron chi connectivity index (χ2n) is 3.90. The average molecular weight is 220 g/mol. The van der Waals surface area contributed by atoms with Gasteiger partial charge in [0.25, 0.3) is 0 Å². The van der Waals surface area contributed by atoms with Crippen LogP contribution in [-0.2, 0) is 0 Å². The number of rotatable bonds is 1. The van der Waals surface area contributed by atoms with Crippen LogP contribution in [0.1, 0.15) is 0 Å². The molecule has 86 valence electrons. The van der Waals surface area contributed by atoms with E-state index in [2.05, 4.69) is 4.90 Å². The summed E-state index contributed by atoms with van der Waals surface area (Å²) >= 11 is 0. The first-order valence-electron chi connectivity index (χ1n) is 5.31. The van der Waals surface area contributed by atoms with E-state index in [1.54, 1.807) is 4.90 Å². The molecule has 1 aliphatic rings. The number of carbonyl (C=O) groups excluding carboxylic acids is 1. The molecule has 2 rings (SSSR count). The van der Waals surface area contributed by atoms with Crippen molar-refractivity contribution in [2.24, 2.45) is 5.73 Å². The normalized spacial score (nSPS) is 16.2. The summed E-state index contributed by atoms with van der Waals surface area (Å²) in [7, 11) is 0. The minimum atomic E-state index is -0.336. The van der Waals surface area contributed by atoms with Crippen LogP contribution in [0.2, 0.25) is 0 Å². The molecule has 0 spiro atoms. The Kier molecular flexibility index (Phi) is 2.85. The molecule has 2 amide bonds. The van der Waals surface area contributed by atoms with Gasteiger partial charge in [-0.3, -0.25) is 0 Å². The lowest BCUT2D eigenvalue weighted by atomic mass is 10.2. The predicted molar refractivity (Wildman–Crippen MR) is 64.2 cm³/mol. The summed E-state index contributed by atoms with van der Waals surface area (Å²) in [5.41, 5.74) is 12.8. The molecule has 0 bridgehead atoms. The van der Waals surface area contributed by atoms with Gasteiger partial charge in [0.1, 0.15) is 0 Å². The zero-order valence-corrected chi connectivity index (χ0v) is 9.10. The SMILES string of the molecule is NC(=O)N1CCN(c2ccc(N)cc2)CC1. The highest BCUT2D eigenvalue weighted by atomic mass is 16.2. The lowest BCUT2D eigenvalue weighted by Crippen LogP contribution is -2.50. The second kappa shape index (κ2) is 4.30. The number of primary amides is 1. The number of benzene rings is 1. The fourth-order valence-electron chi connectivity index (χ4n) is 1.87. The van der Waals surface area contributed by atoms with Crippen LogP contribution in [0.5, 0.6) is 0 Å². The Morgan fingerprint density at radius 2 is 1.62 bits per heavy atom. The van der Waals surface area contributed by atoms with E-state index in [0.29, 0.717) is 13.1 Å². The number of hydrogen-bond donors (Lipinski definition) is 2. The van der Waals surface area contributed by atoms with E-state index in [1.165, 1.54) is 0 Å². The molecule has 0 atom stereocenters. The summed E-state index contributed by atoms with van der Waals surface area (Å²) in [6.45, 7) is 2.99. The first kappa shape index (κ1) is 10.6. The van der Waals surface area contributed by atoms with E-state index in [-0.39, 0.29) is 6.03 Å². The van der Waals surface area contributed by atoms with E-state index in [0.717, 1.165) is 24.5 Å². The Bertz CT molecular complexity index is 368. The molecular weight excluding hydrogens is 204 g/mol. The smallest absolute Gasteiger partial charge is 0.314 e. The third-order valence-electron chi connectivity index (χ3n) is 2.85. The zero-order chi connectivity index (χ0) is 11.5. The van der Waals surface area contributed by atoms with Crippen molar-refractivity contribution in [3.05, 3.63) is 24.3 Å². The van der Waals surface area contributed by atoms with Crippen molar-refractivity contribution >= 4 is 17.4 Å². The molecule has 1 saturated heterocycles. The Morgan fingerprint density at radius 1 is 1.06 bits per heavy atom. The topological polar surface area (TPSA) is 75.6 Å².